The minimum absolute atomic E-state index is 0.0293. The van der Waals surface area contributed by atoms with Gasteiger partial charge >= 0.3 is 0 Å². The van der Waals surface area contributed by atoms with Crippen LogP contribution in [-0.4, -0.2) is 34.2 Å². The first kappa shape index (κ1) is 18.4. The highest BCUT2D eigenvalue weighted by atomic mass is 35.5. The average molecular weight is 394 g/mol. The van der Waals surface area contributed by atoms with Gasteiger partial charge in [0.1, 0.15) is 0 Å². The van der Waals surface area contributed by atoms with E-state index in [4.69, 9.17) is 11.6 Å². The highest BCUT2D eigenvalue weighted by molar-refractivity contribution is 6.30. The molecule has 1 unspecified atom stereocenters. The average Bonchev–Trinajstić information content (AvgIpc) is 2.75. The summed E-state index contributed by atoms with van der Waals surface area (Å²) in [6.07, 6.45) is 5.14. The lowest BCUT2D eigenvalue weighted by atomic mass is 9.97. The Labute approximate surface area is 168 Å². The molecule has 1 fully saturated rings. The lowest BCUT2D eigenvalue weighted by Crippen LogP contribution is -2.41. The molecule has 0 radical (unpaired) electrons. The molecule has 7 heteroatoms. The predicted molar refractivity (Wildman–Crippen MR) is 110 cm³/mol. The van der Waals surface area contributed by atoms with Crippen molar-refractivity contribution in [1.82, 2.24) is 15.2 Å². The number of carbonyl (C=O) groups excluding carboxylic acids is 1. The molecule has 142 valence electrons. The van der Waals surface area contributed by atoms with E-state index in [1.54, 1.807) is 24.5 Å². The molecule has 3 aromatic rings. The molecular formula is C21H20ClN5O. The number of pyridine rings is 1. The summed E-state index contributed by atoms with van der Waals surface area (Å²) in [6, 6.07) is 15.0. The maximum atomic E-state index is 12.6. The molecule has 1 aromatic carbocycles. The van der Waals surface area contributed by atoms with Crippen LogP contribution in [0.15, 0.2) is 60.9 Å². The number of rotatable bonds is 4. The zero-order valence-electron chi connectivity index (χ0n) is 15.3. The van der Waals surface area contributed by atoms with Gasteiger partial charge in [-0.25, -0.2) is 0 Å². The second-order valence-corrected chi connectivity index (χ2v) is 7.23. The Balaban J connectivity index is 1.42. The standard InChI is InChI=1S/C21H20ClN5O/c22-17-5-3-15(4-6-17)19-7-8-20(26-25-19)27-13-1-2-16(14-27)21(28)24-18-9-11-23-12-10-18/h3-12,16H,1-2,13-14H2,(H,23,24,28). The lowest BCUT2D eigenvalue weighted by Gasteiger charge is -2.32. The van der Waals surface area contributed by atoms with E-state index < -0.39 is 0 Å². The van der Waals surface area contributed by atoms with Crippen molar-refractivity contribution in [2.75, 3.05) is 23.3 Å². The first-order chi connectivity index (χ1) is 13.7. The van der Waals surface area contributed by atoms with Crippen molar-refractivity contribution in [2.45, 2.75) is 12.8 Å². The number of anilines is 2. The van der Waals surface area contributed by atoms with Crippen LogP contribution in [-0.2, 0) is 4.79 Å². The van der Waals surface area contributed by atoms with E-state index in [9.17, 15) is 4.79 Å². The van der Waals surface area contributed by atoms with Gasteiger partial charge in [-0.15, -0.1) is 10.2 Å². The Morgan fingerprint density at radius 2 is 1.82 bits per heavy atom. The van der Waals surface area contributed by atoms with Crippen LogP contribution in [0, 0.1) is 5.92 Å². The van der Waals surface area contributed by atoms with Gasteiger partial charge in [-0.1, -0.05) is 23.7 Å². The fourth-order valence-electron chi connectivity index (χ4n) is 3.35. The molecule has 1 amide bonds. The Morgan fingerprint density at radius 3 is 2.54 bits per heavy atom. The largest absolute Gasteiger partial charge is 0.354 e. The van der Waals surface area contributed by atoms with E-state index in [-0.39, 0.29) is 11.8 Å². The van der Waals surface area contributed by atoms with Gasteiger partial charge in [0.05, 0.1) is 11.6 Å². The second-order valence-electron chi connectivity index (χ2n) is 6.79. The summed E-state index contributed by atoms with van der Waals surface area (Å²) in [5.41, 5.74) is 2.53. The fourth-order valence-corrected chi connectivity index (χ4v) is 3.47. The van der Waals surface area contributed by atoms with Crippen molar-refractivity contribution in [2.24, 2.45) is 5.92 Å². The zero-order chi connectivity index (χ0) is 19.3. The van der Waals surface area contributed by atoms with Crippen molar-refractivity contribution in [3.63, 3.8) is 0 Å². The lowest BCUT2D eigenvalue weighted by molar-refractivity contribution is -0.120. The summed E-state index contributed by atoms with van der Waals surface area (Å²) in [7, 11) is 0. The van der Waals surface area contributed by atoms with Crippen LogP contribution >= 0.6 is 11.6 Å². The minimum atomic E-state index is -0.0837. The molecule has 0 aliphatic carbocycles. The third-order valence-electron chi connectivity index (χ3n) is 4.85. The normalized spacial score (nSPS) is 16.6. The number of nitrogens with one attached hydrogen (secondary N) is 1. The Kier molecular flexibility index (Phi) is 5.48. The van der Waals surface area contributed by atoms with Crippen LogP contribution in [0.1, 0.15) is 12.8 Å². The van der Waals surface area contributed by atoms with Gasteiger partial charge in [-0.05, 0) is 49.2 Å². The molecule has 1 atom stereocenters. The number of aromatic nitrogens is 3. The number of halogens is 1. The van der Waals surface area contributed by atoms with Crippen molar-refractivity contribution in [1.29, 1.82) is 0 Å². The highest BCUT2D eigenvalue weighted by Crippen LogP contribution is 2.25. The number of hydrogen-bond donors (Lipinski definition) is 1. The van der Waals surface area contributed by atoms with Gasteiger partial charge in [0.15, 0.2) is 5.82 Å². The number of benzene rings is 1. The Bertz CT molecular complexity index is 931. The molecule has 3 heterocycles. The quantitative estimate of drug-likeness (QED) is 0.724. The van der Waals surface area contributed by atoms with E-state index >= 15 is 0 Å². The highest BCUT2D eigenvalue weighted by Gasteiger charge is 2.26. The van der Waals surface area contributed by atoms with E-state index in [0.717, 1.165) is 42.1 Å². The number of amides is 1. The van der Waals surface area contributed by atoms with Gasteiger partial charge in [0.2, 0.25) is 5.91 Å². The van der Waals surface area contributed by atoms with Gasteiger partial charge in [0.25, 0.3) is 0 Å². The third-order valence-corrected chi connectivity index (χ3v) is 5.11. The van der Waals surface area contributed by atoms with Crippen LogP contribution in [0.3, 0.4) is 0 Å². The van der Waals surface area contributed by atoms with Crippen LogP contribution in [0.5, 0.6) is 0 Å². The molecule has 1 saturated heterocycles. The molecule has 1 aliphatic rings. The first-order valence-electron chi connectivity index (χ1n) is 9.24. The molecule has 1 N–H and O–H groups in total. The van der Waals surface area contributed by atoms with Crippen molar-refractivity contribution in [3.8, 4) is 11.3 Å². The monoisotopic (exact) mass is 393 g/mol. The van der Waals surface area contributed by atoms with Gasteiger partial charge in [0, 0.05) is 41.8 Å². The predicted octanol–water partition coefficient (Wildman–Crippen LogP) is 4.05. The van der Waals surface area contributed by atoms with E-state index in [2.05, 4.69) is 25.4 Å². The van der Waals surface area contributed by atoms with Crippen molar-refractivity contribution in [3.05, 3.63) is 65.9 Å². The second kappa shape index (κ2) is 8.35. The Hall–Kier alpha value is -2.99. The molecule has 6 nitrogen and oxygen atoms in total. The van der Waals surface area contributed by atoms with Crippen molar-refractivity contribution >= 4 is 29.0 Å². The number of carbonyl (C=O) groups is 1. The summed E-state index contributed by atoms with van der Waals surface area (Å²) in [6.45, 7) is 1.50. The van der Waals surface area contributed by atoms with E-state index in [1.807, 2.05) is 36.4 Å². The summed E-state index contributed by atoms with van der Waals surface area (Å²) >= 11 is 5.94. The zero-order valence-corrected chi connectivity index (χ0v) is 16.0. The molecular weight excluding hydrogens is 374 g/mol. The number of piperidine rings is 1. The molecule has 4 rings (SSSR count). The molecule has 2 aromatic heterocycles. The molecule has 28 heavy (non-hydrogen) atoms. The van der Waals surface area contributed by atoms with Crippen LogP contribution in [0.4, 0.5) is 11.5 Å². The third kappa shape index (κ3) is 4.28. The molecule has 1 aliphatic heterocycles. The van der Waals surface area contributed by atoms with Crippen LogP contribution in [0.25, 0.3) is 11.3 Å². The number of hydrogen-bond acceptors (Lipinski definition) is 5. The van der Waals surface area contributed by atoms with Gasteiger partial charge in [-0.2, -0.15) is 0 Å². The van der Waals surface area contributed by atoms with Crippen molar-refractivity contribution < 1.29 is 4.79 Å². The van der Waals surface area contributed by atoms with E-state index in [1.165, 1.54) is 0 Å². The fraction of sp³-hybridized carbons (Fsp3) is 0.238. The summed E-state index contributed by atoms with van der Waals surface area (Å²) in [5, 5.41) is 12.4. The Morgan fingerprint density at radius 1 is 1.04 bits per heavy atom. The van der Waals surface area contributed by atoms with Crippen LogP contribution in [0.2, 0.25) is 5.02 Å². The molecule has 0 bridgehead atoms. The summed E-state index contributed by atoms with van der Waals surface area (Å²) < 4.78 is 0. The summed E-state index contributed by atoms with van der Waals surface area (Å²) in [5.74, 6) is 0.737. The maximum Gasteiger partial charge on any atom is 0.229 e. The van der Waals surface area contributed by atoms with E-state index in [0.29, 0.717) is 11.6 Å². The number of nitrogens with zero attached hydrogens (tertiary/aromatic N) is 4. The minimum Gasteiger partial charge on any atom is -0.354 e. The smallest absolute Gasteiger partial charge is 0.229 e. The first-order valence-corrected chi connectivity index (χ1v) is 9.62. The SMILES string of the molecule is O=C(Nc1ccncc1)C1CCCN(c2ccc(-c3ccc(Cl)cc3)nn2)C1. The van der Waals surface area contributed by atoms with Gasteiger partial charge < -0.3 is 10.2 Å². The molecule has 0 saturated carbocycles. The summed E-state index contributed by atoms with van der Waals surface area (Å²) in [4.78, 5) is 18.7. The maximum absolute atomic E-state index is 12.6. The van der Waals surface area contributed by atoms with Crippen LogP contribution < -0.4 is 10.2 Å². The molecule has 0 spiro atoms. The van der Waals surface area contributed by atoms with Gasteiger partial charge in [-0.3, -0.25) is 9.78 Å². The topological polar surface area (TPSA) is 71.0 Å².